The molecule has 1 amide bonds. The van der Waals surface area contributed by atoms with Gasteiger partial charge in [-0.25, -0.2) is 0 Å². The second kappa shape index (κ2) is 8.71. The van der Waals surface area contributed by atoms with Gasteiger partial charge in [-0.05, 0) is 36.2 Å². The number of rotatable bonds is 4. The highest BCUT2D eigenvalue weighted by Crippen LogP contribution is 2.58. The van der Waals surface area contributed by atoms with Gasteiger partial charge < -0.3 is 10.2 Å². The summed E-state index contributed by atoms with van der Waals surface area (Å²) in [5, 5.41) is 14.6. The van der Waals surface area contributed by atoms with Crippen molar-refractivity contribution in [2.24, 2.45) is 11.3 Å². The number of hydrogen-bond acceptors (Lipinski definition) is 6. The Morgan fingerprint density at radius 3 is 2.50 bits per heavy atom. The van der Waals surface area contributed by atoms with Crippen LogP contribution in [0.4, 0.5) is 17.1 Å². The van der Waals surface area contributed by atoms with E-state index in [2.05, 4.69) is 5.32 Å². The summed E-state index contributed by atoms with van der Waals surface area (Å²) in [6, 6.07) is 17.1. The van der Waals surface area contributed by atoms with Crippen molar-refractivity contribution in [1.82, 2.24) is 0 Å². The van der Waals surface area contributed by atoms with Gasteiger partial charge in [-0.3, -0.25) is 24.5 Å². The van der Waals surface area contributed by atoms with E-state index < -0.39 is 39.5 Å². The maximum atomic E-state index is 14.7. The van der Waals surface area contributed by atoms with Gasteiger partial charge in [-0.2, -0.15) is 0 Å². The minimum atomic E-state index is -1.44. The van der Waals surface area contributed by atoms with Crippen LogP contribution in [0, 0.1) is 28.4 Å². The number of carbonyl (C=O) groups is 3. The van der Waals surface area contributed by atoms with Gasteiger partial charge in [0.1, 0.15) is 11.5 Å². The monoisotopic (exact) mass is 535 g/mol. The molecule has 1 spiro atoms. The number of fused-ring (bicyclic) bond motifs is 6. The number of carbonyl (C=O) groups excluding carboxylic acids is 3. The zero-order chi connectivity index (χ0) is 28.6. The summed E-state index contributed by atoms with van der Waals surface area (Å²) in [7, 11) is 0. The number of amides is 1. The predicted molar refractivity (Wildman–Crippen MR) is 152 cm³/mol. The third-order valence-electron chi connectivity index (χ3n) is 8.42. The summed E-state index contributed by atoms with van der Waals surface area (Å²) >= 11 is 0. The zero-order valence-electron chi connectivity index (χ0n) is 22.7. The van der Waals surface area contributed by atoms with Crippen molar-refractivity contribution in [1.29, 1.82) is 0 Å². The molecule has 3 aliphatic heterocycles. The van der Waals surface area contributed by atoms with Crippen LogP contribution >= 0.6 is 0 Å². The second-order valence-corrected chi connectivity index (χ2v) is 11.9. The number of hydrogen-bond donors (Lipinski definition) is 1. The number of benzene rings is 3. The summed E-state index contributed by atoms with van der Waals surface area (Å²) in [5.41, 5.74) is 1.52. The highest BCUT2D eigenvalue weighted by molar-refractivity contribution is 6.17. The Morgan fingerprint density at radius 1 is 1.02 bits per heavy atom. The fourth-order valence-electron chi connectivity index (χ4n) is 6.69. The number of nitrogens with zero attached hydrogens (tertiary/aromatic N) is 2. The van der Waals surface area contributed by atoms with E-state index in [9.17, 15) is 24.5 Å². The van der Waals surface area contributed by atoms with Crippen molar-refractivity contribution in [2.75, 3.05) is 10.2 Å². The number of nitro groups is 1. The fourth-order valence-corrected chi connectivity index (χ4v) is 6.69. The summed E-state index contributed by atoms with van der Waals surface area (Å²) in [4.78, 5) is 56.4. The number of nitrogens with one attached hydrogen (secondary N) is 1. The second-order valence-electron chi connectivity index (χ2n) is 11.9. The Labute approximate surface area is 231 Å². The van der Waals surface area contributed by atoms with Gasteiger partial charge >= 0.3 is 0 Å². The van der Waals surface area contributed by atoms with Crippen molar-refractivity contribution in [2.45, 2.75) is 45.2 Å². The van der Waals surface area contributed by atoms with Crippen LogP contribution in [0.2, 0.25) is 0 Å². The molecule has 0 aliphatic carbocycles. The normalized spacial score (nSPS) is 24.4. The van der Waals surface area contributed by atoms with E-state index in [1.165, 1.54) is 24.3 Å². The molecule has 8 heteroatoms. The number of nitro benzene ring substituents is 1. The highest BCUT2D eigenvalue weighted by atomic mass is 16.6. The maximum Gasteiger partial charge on any atom is 0.270 e. The molecule has 0 bridgehead atoms. The van der Waals surface area contributed by atoms with Crippen molar-refractivity contribution in [3.05, 3.63) is 105 Å². The Morgan fingerprint density at radius 2 is 1.77 bits per heavy atom. The Balaban J connectivity index is 1.68. The summed E-state index contributed by atoms with van der Waals surface area (Å²) in [6.45, 7) is 7.41. The van der Waals surface area contributed by atoms with Crippen LogP contribution in [0.15, 0.2) is 72.8 Å². The summed E-state index contributed by atoms with van der Waals surface area (Å²) in [5.74, 6) is -2.17. The van der Waals surface area contributed by atoms with Gasteiger partial charge in [0.25, 0.3) is 5.69 Å². The molecule has 3 heterocycles. The van der Waals surface area contributed by atoms with Crippen LogP contribution in [0.5, 0.6) is 0 Å². The average Bonchev–Trinajstić information content (AvgIpc) is 3.39. The minimum Gasteiger partial charge on any atom is -0.352 e. The SMILES string of the molecule is Cc1ccc2c(c1)C=C[C@@H]1N2[C@H](C(=O)C(C)(C)C)[C@@H](C(=O)c2cccc([N+](=O)[O-])c2)[C@@]12C(=O)Nc1ccccc12. The van der Waals surface area contributed by atoms with Gasteiger partial charge in [0.15, 0.2) is 11.6 Å². The minimum absolute atomic E-state index is 0.0930. The lowest BCUT2D eigenvalue weighted by atomic mass is 9.63. The molecule has 1 N–H and O–H groups in total. The first-order valence-electron chi connectivity index (χ1n) is 13.3. The molecule has 0 unspecified atom stereocenters. The first-order valence-corrected chi connectivity index (χ1v) is 13.3. The first kappa shape index (κ1) is 25.7. The lowest BCUT2D eigenvalue weighted by molar-refractivity contribution is -0.384. The fraction of sp³-hybridized carbons (Fsp3) is 0.281. The Hall–Kier alpha value is -4.59. The van der Waals surface area contributed by atoms with Gasteiger partial charge in [0, 0.05) is 34.5 Å². The molecular weight excluding hydrogens is 506 g/mol. The van der Waals surface area contributed by atoms with Crippen LogP contribution in [0.3, 0.4) is 0 Å². The van der Waals surface area contributed by atoms with E-state index in [-0.39, 0.29) is 22.9 Å². The molecule has 1 fully saturated rings. The molecule has 0 aromatic heterocycles. The third-order valence-corrected chi connectivity index (χ3v) is 8.42. The summed E-state index contributed by atoms with van der Waals surface area (Å²) < 4.78 is 0. The van der Waals surface area contributed by atoms with Gasteiger partial charge in [0.2, 0.25) is 5.91 Å². The quantitative estimate of drug-likeness (QED) is 0.269. The standard InChI is InChI=1S/C32H29N3O5/c1-18-12-14-24-19(16-18)13-15-25-32(22-10-5-6-11-23(22)33-30(32)38)26(27(34(24)25)29(37)31(2,3)4)28(36)20-8-7-9-21(17-20)35(39)40/h5-17,25-27H,1-4H3,(H,33,38)/t25-,26-,27-,32-/m0/s1. The Kier molecular flexibility index (Phi) is 5.59. The number of aryl methyl sites for hydroxylation is 1. The first-order chi connectivity index (χ1) is 19.0. The number of ketones is 2. The van der Waals surface area contributed by atoms with Gasteiger partial charge in [-0.1, -0.05) is 74.9 Å². The van der Waals surface area contributed by atoms with Crippen molar-refractivity contribution < 1.29 is 19.3 Å². The molecule has 202 valence electrons. The number of para-hydroxylation sites is 1. The predicted octanol–water partition coefficient (Wildman–Crippen LogP) is 5.49. The van der Waals surface area contributed by atoms with Gasteiger partial charge in [0.05, 0.1) is 16.9 Å². The largest absolute Gasteiger partial charge is 0.352 e. The molecule has 3 aliphatic rings. The molecular formula is C32H29N3O5. The number of Topliss-reactive ketones (excluding diaryl/α,β-unsaturated/α-hetero) is 2. The van der Waals surface area contributed by atoms with Gasteiger partial charge in [-0.15, -0.1) is 0 Å². The van der Waals surface area contributed by atoms with Crippen LogP contribution in [0.1, 0.15) is 47.8 Å². The van der Waals surface area contributed by atoms with Crippen LogP contribution < -0.4 is 10.2 Å². The molecule has 3 aromatic carbocycles. The molecule has 1 saturated heterocycles. The highest BCUT2D eigenvalue weighted by Gasteiger charge is 2.70. The molecule has 8 nitrogen and oxygen atoms in total. The molecule has 0 saturated carbocycles. The van der Waals surface area contributed by atoms with Crippen molar-refractivity contribution in [3.63, 3.8) is 0 Å². The van der Waals surface area contributed by atoms with E-state index in [0.29, 0.717) is 11.3 Å². The smallest absolute Gasteiger partial charge is 0.270 e. The number of anilines is 2. The maximum absolute atomic E-state index is 14.7. The molecule has 4 atom stereocenters. The van der Waals surface area contributed by atoms with E-state index in [4.69, 9.17) is 0 Å². The van der Waals surface area contributed by atoms with E-state index in [1.54, 1.807) is 6.07 Å². The van der Waals surface area contributed by atoms with E-state index in [0.717, 1.165) is 16.8 Å². The van der Waals surface area contributed by atoms with Crippen LogP contribution in [0.25, 0.3) is 6.08 Å². The van der Waals surface area contributed by atoms with E-state index >= 15 is 0 Å². The zero-order valence-corrected chi connectivity index (χ0v) is 22.7. The lowest BCUT2D eigenvalue weighted by Crippen LogP contribution is -2.51. The molecule has 3 aromatic rings. The lowest BCUT2D eigenvalue weighted by Gasteiger charge is -2.38. The number of non-ortho nitro benzene ring substituents is 1. The molecule has 40 heavy (non-hydrogen) atoms. The summed E-state index contributed by atoms with van der Waals surface area (Å²) in [6.07, 6.45) is 3.88. The topological polar surface area (TPSA) is 110 Å². The Bertz CT molecular complexity index is 1650. The van der Waals surface area contributed by atoms with Crippen molar-refractivity contribution in [3.8, 4) is 0 Å². The van der Waals surface area contributed by atoms with Crippen LogP contribution in [-0.4, -0.2) is 34.5 Å². The van der Waals surface area contributed by atoms with E-state index in [1.807, 2.05) is 81.1 Å². The average molecular weight is 536 g/mol. The molecule has 0 radical (unpaired) electrons. The van der Waals surface area contributed by atoms with Crippen molar-refractivity contribution >= 4 is 40.6 Å². The van der Waals surface area contributed by atoms with Crippen LogP contribution in [-0.2, 0) is 15.0 Å². The third kappa shape index (κ3) is 3.48. The molecule has 6 rings (SSSR count).